The normalized spacial score (nSPS) is 15.0. The van der Waals surface area contributed by atoms with Crippen LogP contribution in [-0.2, 0) is 6.42 Å². The molecular formula is C17H14F2N2O2. The highest BCUT2D eigenvalue weighted by atomic mass is 19.1. The average Bonchev–Trinajstić information content (AvgIpc) is 2.76. The first-order chi connectivity index (χ1) is 11.0. The fourth-order valence-electron chi connectivity index (χ4n) is 2.69. The average molecular weight is 316 g/mol. The number of fused-ring (bicyclic) bond motifs is 1. The summed E-state index contributed by atoms with van der Waals surface area (Å²) < 4.78 is 26.8. The molecule has 2 aromatic rings. The van der Waals surface area contributed by atoms with Crippen molar-refractivity contribution in [2.75, 3.05) is 6.54 Å². The van der Waals surface area contributed by atoms with Gasteiger partial charge in [-0.15, -0.1) is 0 Å². The maximum Gasteiger partial charge on any atom is 0.261 e. The van der Waals surface area contributed by atoms with E-state index in [2.05, 4.69) is 0 Å². The van der Waals surface area contributed by atoms with E-state index in [1.807, 2.05) is 0 Å². The van der Waals surface area contributed by atoms with E-state index < -0.39 is 29.5 Å². The Morgan fingerprint density at radius 1 is 1.00 bits per heavy atom. The number of imide groups is 1. The lowest BCUT2D eigenvalue weighted by molar-refractivity contribution is 0.0644. The van der Waals surface area contributed by atoms with Gasteiger partial charge in [0.25, 0.3) is 11.8 Å². The van der Waals surface area contributed by atoms with Gasteiger partial charge in [0.05, 0.1) is 11.1 Å². The summed E-state index contributed by atoms with van der Waals surface area (Å²) in [5.74, 6) is -1.96. The maximum atomic E-state index is 13.6. The summed E-state index contributed by atoms with van der Waals surface area (Å²) in [6.45, 7) is -0.0533. The van der Waals surface area contributed by atoms with Crippen molar-refractivity contribution in [3.8, 4) is 0 Å². The van der Waals surface area contributed by atoms with Gasteiger partial charge in [-0.1, -0.05) is 12.1 Å². The first-order valence-electron chi connectivity index (χ1n) is 7.12. The van der Waals surface area contributed by atoms with Crippen molar-refractivity contribution in [1.82, 2.24) is 4.90 Å². The summed E-state index contributed by atoms with van der Waals surface area (Å²) in [6.07, 6.45) is 0.0248. The molecule has 6 heteroatoms. The number of carbonyl (C=O) groups is 2. The van der Waals surface area contributed by atoms with Gasteiger partial charge in [-0.25, -0.2) is 8.78 Å². The van der Waals surface area contributed by atoms with Crippen molar-refractivity contribution < 1.29 is 18.4 Å². The molecule has 4 nitrogen and oxygen atoms in total. The third-order valence-electron chi connectivity index (χ3n) is 3.79. The summed E-state index contributed by atoms with van der Waals surface area (Å²) in [5, 5.41) is 0. The highest BCUT2D eigenvalue weighted by Crippen LogP contribution is 2.23. The van der Waals surface area contributed by atoms with Crippen LogP contribution in [0.25, 0.3) is 0 Å². The molecule has 2 amide bonds. The lowest BCUT2D eigenvalue weighted by Gasteiger charge is -2.19. The lowest BCUT2D eigenvalue weighted by Crippen LogP contribution is -2.42. The Labute approximate surface area is 131 Å². The molecule has 118 valence electrons. The molecule has 0 radical (unpaired) electrons. The molecule has 0 fully saturated rings. The van der Waals surface area contributed by atoms with Crippen LogP contribution in [0, 0.1) is 11.6 Å². The number of carbonyl (C=O) groups excluding carboxylic acids is 2. The summed E-state index contributed by atoms with van der Waals surface area (Å²) in [7, 11) is 0. The molecule has 0 bridgehead atoms. The number of benzene rings is 2. The van der Waals surface area contributed by atoms with Crippen LogP contribution in [0.4, 0.5) is 8.78 Å². The number of nitrogens with two attached hydrogens (primary N) is 1. The molecule has 23 heavy (non-hydrogen) atoms. The smallest absolute Gasteiger partial charge is 0.261 e. The second-order valence-electron chi connectivity index (χ2n) is 5.47. The first-order valence-corrected chi connectivity index (χ1v) is 7.12. The van der Waals surface area contributed by atoms with E-state index in [4.69, 9.17) is 5.73 Å². The van der Waals surface area contributed by atoms with E-state index in [-0.39, 0.29) is 18.5 Å². The van der Waals surface area contributed by atoms with Gasteiger partial charge in [0.1, 0.15) is 11.6 Å². The van der Waals surface area contributed by atoms with Crippen LogP contribution < -0.4 is 5.73 Å². The van der Waals surface area contributed by atoms with E-state index >= 15 is 0 Å². The topological polar surface area (TPSA) is 63.4 Å². The van der Waals surface area contributed by atoms with Gasteiger partial charge in [0, 0.05) is 12.6 Å². The van der Waals surface area contributed by atoms with Gasteiger partial charge in [-0.05, 0) is 42.3 Å². The monoisotopic (exact) mass is 316 g/mol. The van der Waals surface area contributed by atoms with Gasteiger partial charge < -0.3 is 5.73 Å². The third-order valence-corrected chi connectivity index (χ3v) is 3.79. The second-order valence-corrected chi connectivity index (χ2v) is 5.47. The quantitative estimate of drug-likeness (QED) is 0.879. The Morgan fingerprint density at radius 2 is 1.61 bits per heavy atom. The van der Waals surface area contributed by atoms with Gasteiger partial charge in [-0.3, -0.25) is 14.5 Å². The molecule has 0 spiro atoms. The van der Waals surface area contributed by atoms with Crippen LogP contribution in [0.1, 0.15) is 26.3 Å². The number of nitrogens with zero attached hydrogens (tertiary/aromatic N) is 1. The summed E-state index contributed by atoms with van der Waals surface area (Å²) in [6, 6.07) is 8.94. The van der Waals surface area contributed by atoms with Gasteiger partial charge in [-0.2, -0.15) is 0 Å². The first kappa shape index (κ1) is 15.3. The summed E-state index contributed by atoms with van der Waals surface area (Å²) in [4.78, 5) is 25.5. The minimum Gasteiger partial charge on any atom is -0.326 e. The van der Waals surface area contributed by atoms with Crippen LogP contribution in [-0.4, -0.2) is 29.3 Å². The van der Waals surface area contributed by atoms with Gasteiger partial charge in [0.15, 0.2) is 0 Å². The molecule has 0 saturated heterocycles. The fraction of sp³-hybridized carbons (Fsp3) is 0.176. The number of halogens is 2. The minimum atomic E-state index is -0.687. The van der Waals surface area contributed by atoms with E-state index in [1.165, 1.54) is 0 Å². The fourth-order valence-corrected chi connectivity index (χ4v) is 2.69. The second kappa shape index (κ2) is 5.89. The third kappa shape index (κ3) is 2.85. The predicted molar refractivity (Wildman–Crippen MR) is 79.8 cm³/mol. The van der Waals surface area contributed by atoms with Gasteiger partial charge in [0.2, 0.25) is 0 Å². The van der Waals surface area contributed by atoms with Crippen LogP contribution in [0.5, 0.6) is 0 Å². The van der Waals surface area contributed by atoms with Crippen molar-refractivity contribution in [2.45, 2.75) is 12.5 Å². The highest BCUT2D eigenvalue weighted by molar-refractivity contribution is 6.21. The standard InChI is InChI=1S/C17H14F2N2O2/c18-11-5-6-15(19)10(7-11)8-12(20)9-21-16(22)13-3-1-2-4-14(13)17(21)23/h1-7,12H,8-9,20H2/t12-/m1/s1. The van der Waals surface area contributed by atoms with E-state index in [1.54, 1.807) is 24.3 Å². The highest BCUT2D eigenvalue weighted by Gasteiger charge is 2.35. The molecule has 1 atom stereocenters. The zero-order chi connectivity index (χ0) is 16.6. The molecule has 2 N–H and O–H groups in total. The molecular weight excluding hydrogens is 302 g/mol. The summed E-state index contributed by atoms with van der Waals surface area (Å²) >= 11 is 0. The predicted octanol–water partition coefficient (Wildman–Crippen LogP) is 2.13. The molecule has 0 aromatic heterocycles. The van der Waals surface area contributed by atoms with Crippen molar-refractivity contribution in [3.63, 3.8) is 0 Å². The SMILES string of the molecule is N[C@H](Cc1cc(F)ccc1F)CN1C(=O)c2ccccc2C1=O. The maximum absolute atomic E-state index is 13.6. The van der Waals surface area contributed by atoms with Crippen molar-refractivity contribution in [1.29, 1.82) is 0 Å². The minimum absolute atomic E-state index is 0.0248. The van der Waals surface area contributed by atoms with E-state index in [0.717, 1.165) is 23.1 Å². The number of hydrogen-bond donors (Lipinski definition) is 1. The van der Waals surface area contributed by atoms with Crippen molar-refractivity contribution >= 4 is 11.8 Å². The number of hydrogen-bond acceptors (Lipinski definition) is 3. The molecule has 1 aliphatic rings. The zero-order valence-electron chi connectivity index (χ0n) is 12.1. The van der Waals surface area contributed by atoms with E-state index in [9.17, 15) is 18.4 Å². The molecule has 1 heterocycles. The molecule has 0 saturated carbocycles. The molecule has 3 rings (SSSR count). The zero-order valence-corrected chi connectivity index (χ0v) is 12.1. The number of amides is 2. The van der Waals surface area contributed by atoms with Crippen LogP contribution in [0.2, 0.25) is 0 Å². The summed E-state index contributed by atoms with van der Waals surface area (Å²) in [5.41, 5.74) is 6.72. The van der Waals surface area contributed by atoms with Crippen molar-refractivity contribution in [2.24, 2.45) is 5.73 Å². The van der Waals surface area contributed by atoms with Crippen LogP contribution >= 0.6 is 0 Å². The lowest BCUT2D eigenvalue weighted by atomic mass is 10.1. The molecule has 0 unspecified atom stereocenters. The Kier molecular flexibility index (Phi) is 3.92. The number of rotatable bonds is 4. The Hall–Kier alpha value is -2.60. The Balaban J connectivity index is 1.74. The molecule has 2 aromatic carbocycles. The van der Waals surface area contributed by atoms with E-state index in [0.29, 0.717) is 11.1 Å². The largest absolute Gasteiger partial charge is 0.326 e. The molecule has 0 aliphatic carbocycles. The molecule has 1 aliphatic heterocycles. The van der Waals surface area contributed by atoms with Crippen molar-refractivity contribution in [3.05, 3.63) is 70.8 Å². The van der Waals surface area contributed by atoms with Crippen LogP contribution in [0.3, 0.4) is 0 Å². The Morgan fingerprint density at radius 3 is 2.22 bits per heavy atom. The Bertz CT molecular complexity index is 757. The van der Waals surface area contributed by atoms with Gasteiger partial charge >= 0.3 is 0 Å². The van der Waals surface area contributed by atoms with Crippen LogP contribution in [0.15, 0.2) is 42.5 Å².